The van der Waals surface area contributed by atoms with E-state index < -0.39 is 0 Å². The molecule has 1 atom stereocenters. The van der Waals surface area contributed by atoms with Crippen molar-refractivity contribution in [3.05, 3.63) is 12.7 Å². The van der Waals surface area contributed by atoms with E-state index in [1.165, 1.54) is 18.6 Å². The van der Waals surface area contributed by atoms with Gasteiger partial charge in [0.05, 0.1) is 0 Å². The lowest BCUT2D eigenvalue weighted by atomic mass is 9.93. The Bertz CT molecular complexity index is 169. The van der Waals surface area contributed by atoms with E-state index in [0.29, 0.717) is 6.04 Å². The second-order valence-electron chi connectivity index (χ2n) is 4.06. The molecule has 88 valence electrons. The van der Waals surface area contributed by atoms with E-state index in [0.717, 1.165) is 31.4 Å². The summed E-state index contributed by atoms with van der Waals surface area (Å²) in [5.74, 6) is 3.05. The summed E-state index contributed by atoms with van der Waals surface area (Å²) in [6, 6.07) is 0.637. The molecular weight excluding hydrogens is 206 g/mol. The number of hydrogen-bond acceptors (Lipinski definition) is 3. The predicted molar refractivity (Wildman–Crippen MR) is 68.5 cm³/mol. The maximum absolute atomic E-state index is 5.36. The van der Waals surface area contributed by atoms with Crippen LogP contribution in [0.1, 0.15) is 19.8 Å². The van der Waals surface area contributed by atoms with Crippen LogP contribution in [-0.4, -0.2) is 37.3 Å². The summed E-state index contributed by atoms with van der Waals surface area (Å²) in [5.41, 5.74) is 0. The summed E-state index contributed by atoms with van der Waals surface area (Å²) < 4.78 is 5.36. The predicted octanol–water partition coefficient (Wildman–Crippen LogP) is 2.31. The van der Waals surface area contributed by atoms with Crippen molar-refractivity contribution < 1.29 is 4.74 Å². The fourth-order valence-corrected chi connectivity index (χ4v) is 2.50. The summed E-state index contributed by atoms with van der Waals surface area (Å²) in [5, 5.41) is 3.60. The highest BCUT2D eigenvalue weighted by Crippen LogP contribution is 2.18. The minimum absolute atomic E-state index is 0.637. The van der Waals surface area contributed by atoms with Crippen LogP contribution in [0.3, 0.4) is 0 Å². The first-order valence-electron chi connectivity index (χ1n) is 5.84. The summed E-state index contributed by atoms with van der Waals surface area (Å²) in [4.78, 5) is 0. The summed E-state index contributed by atoms with van der Waals surface area (Å²) in [6.45, 7) is 9.01. The number of rotatable bonds is 7. The van der Waals surface area contributed by atoms with Crippen molar-refractivity contribution in [1.29, 1.82) is 0 Å². The molecule has 0 aromatic rings. The first-order valence-corrected chi connectivity index (χ1v) is 7.00. The van der Waals surface area contributed by atoms with Gasteiger partial charge in [-0.3, -0.25) is 0 Å². The molecule has 1 unspecified atom stereocenters. The van der Waals surface area contributed by atoms with Gasteiger partial charge in [-0.25, -0.2) is 0 Å². The first kappa shape index (κ1) is 13.1. The van der Waals surface area contributed by atoms with Gasteiger partial charge < -0.3 is 10.1 Å². The van der Waals surface area contributed by atoms with Crippen molar-refractivity contribution >= 4 is 11.8 Å². The molecule has 1 heterocycles. The maximum atomic E-state index is 5.36. The second kappa shape index (κ2) is 8.20. The SMILES string of the molecule is C=CCSCCNC(C)C1CCOCC1. The van der Waals surface area contributed by atoms with Crippen molar-refractivity contribution in [2.45, 2.75) is 25.8 Å². The topological polar surface area (TPSA) is 21.3 Å². The minimum Gasteiger partial charge on any atom is -0.381 e. The standard InChI is InChI=1S/C12H23NOS/c1-3-9-15-10-6-13-11(2)12-4-7-14-8-5-12/h3,11-13H,1,4-10H2,2H3. The highest BCUT2D eigenvalue weighted by molar-refractivity contribution is 7.99. The third-order valence-electron chi connectivity index (χ3n) is 2.92. The van der Waals surface area contributed by atoms with Crippen LogP contribution in [0.25, 0.3) is 0 Å². The Labute approximate surface area is 97.8 Å². The van der Waals surface area contributed by atoms with E-state index in [-0.39, 0.29) is 0 Å². The van der Waals surface area contributed by atoms with Gasteiger partial charge in [0.25, 0.3) is 0 Å². The molecule has 1 N–H and O–H groups in total. The van der Waals surface area contributed by atoms with Crippen molar-refractivity contribution in [1.82, 2.24) is 5.32 Å². The van der Waals surface area contributed by atoms with Crippen molar-refractivity contribution in [3.8, 4) is 0 Å². The summed E-state index contributed by atoms with van der Waals surface area (Å²) in [6.07, 6.45) is 4.40. The molecule has 1 aliphatic heterocycles. The Kier molecular flexibility index (Phi) is 7.14. The van der Waals surface area contributed by atoms with E-state index in [4.69, 9.17) is 4.74 Å². The van der Waals surface area contributed by atoms with Crippen LogP contribution in [0.4, 0.5) is 0 Å². The molecule has 15 heavy (non-hydrogen) atoms. The molecule has 0 saturated carbocycles. The van der Waals surface area contributed by atoms with E-state index in [9.17, 15) is 0 Å². The van der Waals surface area contributed by atoms with E-state index >= 15 is 0 Å². The Balaban J connectivity index is 2.01. The molecule has 0 amide bonds. The van der Waals surface area contributed by atoms with Crippen LogP contribution in [0.5, 0.6) is 0 Å². The molecule has 0 aliphatic carbocycles. The quantitative estimate of drug-likeness (QED) is 0.535. The second-order valence-corrected chi connectivity index (χ2v) is 5.21. The fraction of sp³-hybridized carbons (Fsp3) is 0.833. The zero-order valence-corrected chi connectivity index (χ0v) is 10.5. The van der Waals surface area contributed by atoms with Gasteiger partial charge in [-0.05, 0) is 25.7 Å². The largest absolute Gasteiger partial charge is 0.381 e. The molecular formula is C12H23NOS. The first-order chi connectivity index (χ1) is 7.34. The van der Waals surface area contributed by atoms with Gasteiger partial charge in [-0.1, -0.05) is 6.08 Å². The van der Waals surface area contributed by atoms with E-state index in [1.54, 1.807) is 0 Å². The van der Waals surface area contributed by atoms with Gasteiger partial charge in [0, 0.05) is 37.3 Å². The third kappa shape index (κ3) is 5.59. The van der Waals surface area contributed by atoms with Gasteiger partial charge in [0.2, 0.25) is 0 Å². The molecule has 1 rings (SSSR count). The molecule has 3 heteroatoms. The Morgan fingerprint density at radius 2 is 2.27 bits per heavy atom. The van der Waals surface area contributed by atoms with Crippen molar-refractivity contribution in [2.75, 3.05) is 31.3 Å². The van der Waals surface area contributed by atoms with E-state index in [2.05, 4.69) is 18.8 Å². The molecule has 1 aliphatic rings. The molecule has 1 fully saturated rings. The van der Waals surface area contributed by atoms with Crippen LogP contribution in [-0.2, 0) is 4.74 Å². The molecule has 1 saturated heterocycles. The monoisotopic (exact) mass is 229 g/mol. The smallest absolute Gasteiger partial charge is 0.0469 e. The van der Waals surface area contributed by atoms with Crippen LogP contribution in [0, 0.1) is 5.92 Å². The number of thioether (sulfide) groups is 1. The maximum Gasteiger partial charge on any atom is 0.0469 e. The van der Waals surface area contributed by atoms with Crippen LogP contribution >= 0.6 is 11.8 Å². The minimum atomic E-state index is 0.637. The Morgan fingerprint density at radius 3 is 2.93 bits per heavy atom. The lowest BCUT2D eigenvalue weighted by molar-refractivity contribution is 0.0563. The van der Waals surface area contributed by atoms with Crippen LogP contribution in [0.2, 0.25) is 0 Å². The normalized spacial score (nSPS) is 20.1. The summed E-state index contributed by atoms with van der Waals surface area (Å²) in [7, 11) is 0. The highest BCUT2D eigenvalue weighted by atomic mass is 32.2. The lowest BCUT2D eigenvalue weighted by Gasteiger charge is -2.28. The van der Waals surface area contributed by atoms with Gasteiger partial charge >= 0.3 is 0 Å². The molecule has 0 spiro atoms. The molecule has 0 aromatic heterocycles. The lowest BCUT2D eigenvalue weighted by Crippen LogP contribution is -2.37. The van der Waals surface area contributed by atoms with Crippen LogP contribution < -0.4 is 5.32 Å². The average Bonchev–Trinajstić information content (AvgIpc) is 2.30. The van der Waals surface area contributed by atoms with Crippen LogP contribution in [0.15, 0.2) is 12.7 Å². The zero-order chi connectivity index (χ0) is 10.9. The average molecular weight is 229 g/mol. The summed E-state index contributed by atoms with van der Waals surface area (Å²) >= 11 is 1.94. The Hall–Kier alpha value is 0.01000. The fourth-order valence-electron chi connectivity index (χ4n) is 1.91. The Morgan fingerprint density at radius 1 is 1.53 bits per heavy atom. The molecule has 0 radical (unpaired) electrons. The molecule has 2 nitrogen and oxygen atoms in total. The zero-order valence-electron chi connectivity index (χ0n) is 9.71. The van der Waals surface area contributed by atoms with Crippen molar-refractivity contribution in [2.24, 2.45) is 5.92 Å². The number of ether oxygens (including phenoxy) is 1. The number of hydrogen-bond donors (Lipinski definition) is 1. The van der Waals surface area contributed by atoms with Gasteiger partial charge in [-0.15, -0.1) is 6.58 Å². The van der Waals surface area contributed by atoms with E-state index in [1.807, 2.05) is 17.8 Å². The van der Waals surface area contributed by atoms with Crippen molar-refractivity contribution in [3.63, 3.8) is 0 Å². The third-order valence-corrected chi connectivity index (χ3v) is 3.89. The van der Waals surface area contributed by atoms with Gasteiger partial charge in [0.15, 0.2) is 0 Å². The number of nitrogens with one attached hydrogen (secondary N) is 1. The highest BCUT2D eigenvalue weighted by Gasteiger charge is 2.19. The van der Waals surface area contributed by atoms with Gasteiger partial charge in [-0.2, -0.15) is 11.8 Å². The molecule has 0 aromatic carbocycles. The molecule has 0 bridgehead atoms. The van der Waals surface area contributed by atoms with Gasteiger partial charge in [0.1, 0.15) is 0 Å².